The van der Waals surface area contributed by atoms with Gasteiger partial charge < -0.3 is 9.47 Å². The van der Waals surface area contributed by atoms with Crippen molar-refractivity contribution >= 4 is 0 Å². The highest BCUT2D eigenvalue weighted by Crippen LogP contribution is 2.44. The molecule has 4 rings (SSSR count). The Kier molecular flexibility index (Phi) is 9.10. The molecule has 2 aliphatic carbocycles. The van der Waals surface area contributed by atoms with Crippen LogP contribution in [0.4, 0.5) is 17.6 Å². The Morgan fingerprint density at radius 2 is 1.17 bits per heavy atom. The third-order valence-corrected chi connectivity index (χ3v) is 7.92. The first-order chi connectivity index (χ1) is 17.4. The molecule has 2 aromatic rings. The largest absolute Gasteiger partial charge is 0.490 e. The second-order valence-corrected chi connectivity index (χ2v) is 10.1. The van der Waals surface area contributed by atoms with Gasteiger partial charge in [-0.3, -0.25) is 0 Å². The van der Waals surface area contributed by atoms with Crippen LogP contribution in [0.3, 0.4) is 0 Å². The molecule has 6 heteroatoms. The highest BCUT2D eigenvalue weighted by atomic mass is 19.2. The van der Waals surface area contributed by atoms with E-state index in [4.69, 9.17) is 9.47 Å². The molecule has 0 spiro atoms. The van der Waals surface area contributed by atoms with Crippen molar-refractivity contribution in [3.8, 4) is 5.75 Å². The first-order valence-corrected chi connectivity index (χ1v) is 13.3. The van der Waals surface area contributed by atoms with Crippen molar-refractivity contribution < 1.29 is 27.0 Å². The van der Waals surface area contributed by atoms with Crippen LogP contribution in [0, 0.1) is 23.3 Å². The lowest BCUT2D eigenvalue weighted by Gasteiger charge is -2.31. The zero-order valence-corrected chi connectivity index (χ0v) is 21.0. The predicted molar refractivity (Wildman–Crippen MR) is 134 cm³/mol. The van der Waals surface area contributed by atoms with Gasteiger partial charge in [0.1, 0.15) is 0 Å². The Hall–Kier alpha value is -2.34. The maximum atomic E-state index is 15.2. The Morgan fingerprint density at radius 1 is 0.722 bits per heavy atom. The number of rotatable bonds is 9. The van der Waals surface area contributed by atoms with Crippen molar-refractivity contribution in [2.24, 2.45) is 0 Å². The highest BCUT2D eigenvalue weighted by molar-refractivity contribution is 5.35. The van der Waals surface area contributed by atoms with Gasteiger partial charge in [0.05, 0.1) is 12.7 Å². The number of halogens is 4. The fourth-order valence-corrected chi connectivity index (χ4v) is 5.93. The van der Waals surface area contributed by atoms with Crippen LogP contribution in [0.2, 0.25) is 0 Å². The van der Waals surface area contributed by atoms with Crippen LogP contribution < -0.4 is 4.74 Å². The quantitative estimate of drug-likeness (QED) is 0.193. The molecule has 0 unspecified atom stereocenters. The smallest absolute Gasteiger partial charge is 0.200 e. The van der Waals surface area contributed by atoms with E-state index in [9.17, 15) is 8.78 Å². The zero-order chi connectivity index (χ0) is 25.7. The molecular formula is C30H36F4O2. The van der Waals surface area contributed by atoms with Gasteiger partial charge in [0.2, 0.25) is 5.82 Å². The molecule has 196 valence electrons. The summed E-state index contributed by atoms with van der Waals surface area (Å²) in [6.07, 6.45) is 8.10. The summed E-state index contributed by atoms with van der Waals surface area (Å²) in [5.74, 6) is -3.71. The average molecular weight is 505 g/mol. The van der Waals surface area contributed by atoms with E-state index in [-0.39, 0.29) is 36.2 Å². The summed E-state index contributed by atoms with van der Waals surface area (Å²) in [5, 5.41) is 0. The summed E-state index contributed by atoms with van der Waals surface area (Å²) in [7, 11) is 0. The highest BCUT2D eigenvalue weighted by Gasteiger charge is 2.31. The fourth-order valence-electron chi connectivity index (χ4n) is 5.93. The molecule has 2 nitrogen and oxygen atoms in total. The second-order valence-electron chi connectivity index (χ2n) is 10.1. The van der Waals surface area contributed by atoms with Crippen LogP contribution in [0.15, 0.2) is 36.9 Å². The molecule has 0 radical (unpaired) electrons. The van der Waals surface area contributed by atoms with E-state index in [1.807, 2.05) is 6.92 Å². The number of hydrogen-bond acceptors (Lipinski definition) is 2. The lowest BCUT2D eigenvalue weighted by atomic mass is 9.75. The summed E-state index contributed by atoms with van der Waals surface area (Å²) in [6.45, 7) is 6.46. The van der Waals surface area contributed by atoms with E-state index < -0.39 is 23.3 Å². The van der Waals surface area contributed by atoms with Crippen molar-refractivity contribution in [1.82, 2.24) is 0 Å². The molecule has 0 N–H and O–H groups in total. The normalized spacial score (nSPS) is 24.5. The third kappa shape index (κ3) is 5.80. The van der Waals surface area contributed by atoms with Gasteiger partial charge in [0, 0.05) is 6.61 Å². The lowest BCUT2D eigenvalue weighted by molar-refractivity contribution is 0.0325. The first-order valence-electron chi connectivity index (χ1n) is 13.3. The molecule has 2 saturated carbocycles. The lowest BCUT2D eigenvalue weighted by Crippen LogP contribution is -2.22. The fraction of sp³-hybridized carbons (Fsp3) is 0.533. The molecule has 0 aromatic heterocycles. The molecule has 0 heterocycles. The Morgan fingerprint density at radius 3 is 1.64 bits per heavy atom. The van der Waals surface area contributed by atoms with Gasteiger partial charge in [-0.25, -0.2) is 13.2 Å². The molecule has 2 aliphatic rings. The van der Waals surface area contributed by atoms with Gasteiger partial charge in [0.25, 0.3) is 0 Å². The minimum atomic E-state index is -0.974. The second kappa shape index (κ2) is 12.3. The Balaban J connectivity index is 1.40. The average Bonchev–Trinajstić information content (AvgIpc) is 2.89. The first kappa shape index (κ1) is 26.7. The molecule has 0 amide bonds. The Labute approximate surface area is 211 Å². The molecule has 0 bridgehead atoms. The van der Waals surface area contributed by atoms with Crippen LogP contribution in [0.5, 0.6) is 5.75 Å². The number of benzene rings is 2. The molecule has 0 atom stereocenters. The van der Waals surface area contributed by atoms with Crippen LogP contribution in [-0.2, 0) is 4.74 Å². The molecule has 0 saturated heterocycles. The van der Waals surface area contributed by atoms with Crippen LogP contribution in [0.25, 0.3) is 0 Å². The monoisotopic (exact) mass is 504 g/mol. The minimum absolute atomic E-state index is 0.0163. The van der Waals surface area contributed by atoms with Crippen molar-refractivity contribution in [3.05, 3.63) is 76.9 Å². The van der Waals surface area contributed by atoms with Crippen LogP contribution in [-0.4, -0.2) is 19.3 Å². The van der Waals surface area contributed by atoms with Crippen molar-refractivity contribution in [3.63, 3.8) is 0 Å². The summed E-state index contributed by atoms with van der Waals surface area (Å²) in [4.78, 5) is 0. The SMILES string of the molecule is C=CCCOc1ccc(C2CCC(c3ccc(C4CCC(OCC)CC4)c(F)c3F)CC2)c(F)c1F. The van der Waals surface area contributed by atoms with E-state index in [0.717, 1.165) is 25.7 Å². The van der Waals surface area contributed by atoms with E-state index in [1.54, 1.807) is 24.3 Å². The van der Waals surface area contributed by atoms with Gasteiger partial charge in [-0.15, -0.1) is 6.58 Å². The van der Waals surface area contributed by atoms with E-state index in [1.165, 1.54) is 6.07 Å². The van der Waals surface area contributed by atoms with Crippen LogP contribution in [0.1, 0.15) is 99.2 Å². The Bertz CT molecular complexity index is 1040. The topological polar surface area (TPSA) is 18.5 Å². The standard InChI is InChI=1S/C30H36F4O2/c1-3-5-18-36-26-17-16-25(29(33)30(26)34)20-8-6-19(7-9-20)23-14-15-24(28(32)27(23)31)21-10-12-22(13-11-21)35-4-2/h3,14-17,19-22H,1,4-13,18H2,2H3. The predicted octanol–water partition coefficient (Wildman–Crippen LogP) is 8.70. The summed E-state index contributed by atoms with van der Waals surface area (Å²) in [5.41, 5.74) is 1.19. The molecule has 2 aromatic carbocycles. The van der Waals surface area contributed by atoms with Crippen LogP contribution >= 0.6 is 0 Å². The van der Waals surface area contributed by atoms with Gasteiger partial charge >= 0.3 is 0 Å². The van der Waals surface area contributed by atoms with Gasteiger partial charge in [-0.05, 0) is 105 Å². The minimum Gasteiger partial charge on any atom is -0.490 e. The maximum Gasteiger partial charge on any atom is 0.200 e. The molecule has 0 aliphatic heterocycles. The number of hydrogen-bond donors (Lipinski definition) is 0. The summed E-state index contributed by atoms with van der Waals surface area (Å²) < 4.78 is 70.6. The van der Waals surface area contributed by atoms with Gasteiger partial charge in [-0.1, -0.05) is 24.3 Å². The summed E-state index contributed by atoms with van der Waals surface area (Å²) in [6, 6.07) is 6.55. The molecular weight excluding hydrogens is 468 g/mol. The van der Waals surface area contributed by atoms with E-state index in [2.05, 4.69) is 6.58 Å². The molecule has 2 fully saturated rings. The molecule has 36 heavy (non-hydrogen) atoms. The van der Waals surface area contributed by atoms with Crippen molar-refractivity contribution in [1.29, 1.82) is 0 Å². The third-order valence-electron chi connectivity index (χ3n) is 7.92. The van der Waals surface area contributed by atoms with Crippen molar-refractivity contribution in [2.75, 3.05) is 13.2 Å². The van der Waals surface area contributed by atoms with Gasteiger partial charge in [0.15, 0.2) is 23.2 Å². The number of ether oxygens (including phenoxy) is 2. The zero-order valence-electron chi connectivity index (χ0n) is 21.0. The van der Waals surface area contributed by atoms with Crippen molar-refractivity contribution in [2.45, 2.75) is 88.6 Å². The maximum absolute atomic E-state index is 15.2. The van der Waals surface area contributed by atoms with E-state index in [0.29, 0.717) is 55.4 Å². The van der Waals surface area contributed by atoms with E-state index >= 15 is 8.78 Å². The van der Waals surface area contributed by atoms with Gasteiger partial charge in [-0.2, -0.15) is 4.39 Å². The summed E-state index contributed by atoms with van der Waals surface area (Å²) >= 11 is 0.